The maximum Gasteiger partial charge on any atom is 0.418 e. The number of nitrogens with zero attached hydrogens (tertiary/aromatic N) is 5. The molecular weight excluding hydrogens is 644 g/mol. The zero-order chi connectivity index (χ0) is 35.0. The van der Waals surface area contributed by atoms with Crippen molar-refractivity contribution in [3.63, 3.8) is 0 Å². The Labute approximate surface area is 283 Å². The number of nitrogens with one attached hydrogen (secondary N) is 2. The predicted molar refractivity (Wildman–Crippen MR) is 178 cm³/mol. The van der Waals surface area contributed by atoms with Crippen molar-refractivity contribution in [1.82, 2.24) is 30.2 Å². The number of nitrogen functional groups attached to an aromatic ring is 1. The number of hydrogen-bond donors (Lipinski definition) is 3. The average Bonchev–Trinajstić information content (AvgIpc) is 3.82. The van der Waals surface area contributed by atoms with Crippen LogP contribution in [0.4, 0.5) is 29.2 Å². The number of likely N-dealkylation sites (tertiary alicyclic amines) is 1. The smallest absolute Gasteiger partial charge is 0.418 e. The summed E-state index contributed by atoms with van der Waals surface area (Å²) in [5.74, 6) is -1.14. The van der Waals surface area contributed by atoms with E-state index in [-0.39, 0.29) is 45.4 Å². The van der Waals surface area contributed by atoms with Crippen LogP contribution in [0.25, 0.3) is 22.2 Å². The van der Waals surface area contributed by atoms with Crippen LogP contribution in [0.5, 0.6) is 11.9 Å². The molecule has 0 bridgehead atoms. The normalized spacial score (nSPS) is 21.8. The first-order chi connectivity index (χ1) is 23.4. The largest absolute Gasteiger partial charge is 0.474 e. The molecule has 11 nitrogen and oxygen atoms in total. The fraction of sp³-hybridized carbons (Fsp3) is 0.647. The van der Waals surface area contributed by atoms with Crippen molar-refractivity contribution in [3.05, 3.63) is 23.1 Å². The third kappa shape index (κ3) is 7.48. The van der Waals surface area contributed by atoms with Crippen molar-refractivity contribution in [1.29, 1.82) is 0 Å². The van der Waals surface area contributed by atoms with Gasteiger partial charge in [0.1, 0.15) is 28.2 Å². The van der Waals surface area contributed by atoms with Gasteiger partial charge in [0.2, 0.25) is 5.88 Å². The number of rotatable bonds is 6. The fourth-order valence-corrected chi connectivity index (χ4v) is 7.02. The van der Waals surface area contributed by atoms with E-state index in [9.17, 15) is 13.2 Å². The molecule has 1 spiro atoms. The molecule has 0 radical (unpaired) electrons. The highest BCUT2D eigenvalue weighted by atomic mass is 19.4. The van der Waals surface area contributed by atoms with Crippen molar-refractivity contribution in [3.8, 4) is 23.1 Å². The van der Waals surface area contributed by atoms with E-state index in [1.807, 2.05) is 20.8 Å². The van der Waals surface area contributed by atoms with Gasteiger partial charge in [-0.1, -0.05) is 13.8 Å². The molecule has 2 saturated heterocycles. The Bertz CT molecular complexity index is 1660. The number of hydrogen-bond acceptors (Lipinski definition) is 11. The van der Waals surface area contributed by atoms with Crippen LogP contribution in [-0.2, 0) is 10.9 Å². The summed E-state index contributed by atoms with van der Waals surface area (Å²) in [6, 6.07) is 0.895. The second-order valence-corrected chi connectivity index (χ2v) is 13.5. The van der Waals surface area contributed by atoms with Crippen LogP contribution in [0, 0.1) is 18.2 Å². The van der Waals surface area contributed by atoms with Gasteiger partial charge in [0, 0.05) is 50.3 Å². The van der Waals surface area contributed by atoms with Crippen LogP contribution < -0.4 is 25.8 Å². The standard InChI is InChI=1S/C32H40F4N8O3.C2H6/c1-18-5-9-38-10-11-39-27-22-26(24(33)25(41-28(22)47-18)20-13-21(37)40-19(2)23(20)32(34,35)36)42-29(43-27)45-17-30(7-8-30)14-44-15-31(16-44)6-3-4-12-46-31;1-2/h13,18,38H,3-12,14-17H2,1-2H3,(H2,37,40)(H,39,42,43);1-2H3. The number of anilines is 2. The summed E-state index contributed by atoms with van der Waals surface area (Å²) in [4.78, 5) is 19.6. The molecule has 1 atom stereocenters. The van der Waals surface area contributed by atoms with Crippen LogP contribution in [0.15, 0.2) is 6.07 Å². The predicted octanol–water partition coefficient (Wildman–Crippen LogP) is 5.75. The average molecular weight is 691 g/mol. The lowest BCUT2D eigenvalue weighted by Crippen LogP contribution is -2.65. The monoisotopic (exact) mass is 690 g/mol. The van der Waals surface area contributed by atoms with Crippen molar-refractivity contribution < 1.29 is 31.8 Å². The van der Waals surface area contributed by atoms with Crippen LogP contribution in [0.2, 0.25) is 0 Å². The first-order valence-corrected chi connectivity index (χ1v) is 17.3. The molecular formula is C34H46F4N8O3. The number of aromatic nitrogens is 4. The molecule has 1 unspecified atom stereocenters. The van der Waals surface area contributed by atoms with E-state index in [1.165, 1.54) is 13.3 Å². The Balaban J connectivity index is 0.00000205. The van der Waals surface area contributed by atoms with E-state index in [1.54, 1.807) is 0 Å². The summed E-state index contributed by atoms with van der Waals surface area (Å²) in [5, 5.41) is 6.63. The zero-order valence-corrected chi connectivity index (χ0v) is 28.6. The van der Waals surface area contributed by atoms with Gasteiger partial charge in [-0.3, -0.25) is 4.90 Å². The van der Waals surface area contributed by atoms with Crippen molar-refractivity contribution >= 4 is 22.5 Å². The van der Waals surface area contributed by atoms with Gasteiger partial charge in [-0.15, -0.1) is 0 Å². The molecule has 49 heavy (non-hydrogen) atoms. The zero-order valence-electron chi connectivity index (χ0n) is 28.6. The van der Waals surface area contributed by atoms with E-state index < -0.39 is 40.6 Å². The highest BCUT2D eigenvalue weighted by Gasteiger charge is 2.51. The lowest BCUT2D eigenvalue weighted by atomic mass is 9.85. The lowest BCUT2D eigenvalue weighted by molar-refractivity contribution is -0.170. The van der Waals surface area contributed by atoms with Gasteiger partial charge >= 0.3 is 12.2 Å². The number of ether oxygens (including phenoxy) is 3. The molecule has 15 heteroatoms. The first-order valence-electron chi connectivity index (χ1n) is 17.3. The summed E-state index contributed by atoms with van der Waals surface area (Å²) in [6.45, 7) is 12.4. The molecule has 0 amide bonds. The molecule has 3 aromatic rings. The highest BCUT2D eigenvalue weighted by Crippen LogP contribution is 2.49. The number of aryl methyl sites for hydroxylation is 1. The molecule has 4 N–H and O–H groups in total. The quantitative estimate of drug-likeness (QED) is 0.273. The van der Waals surface area contributed by atoms with E-state index in [2.05, 4.69) is 35.5 Å². The molecule has 268 valence electrons. The van der Waals surface area contributed by atoms with Gasteiger partial charge in [-0.05, 0) is 65.0 Å². The molecule has 7 rings (SSSR count). The maximum absolute atomic E-state index is 16.6. The molecule has 3 aromatic heterocycles. The number of alkyl halides is 3. The number of nitrogens with two attached hydrogens (primary N) is 1. The Kier molecular flexibility index (Phi) is 10.1. The van der Waals surface area contributed by atoms with Gasteiger partial charge in [-0.2, -0.15) is 23.1 Å². The van der Waals surface area contributed by atoms with E-state index >= 15 is 4.39 Å². The van der Waals surface area contributed by atoms with Gasteiger partial charge in [0.15, 0.2) is 5.82 Å². The van der Waals surface area contributed by atoms with Crippen molar-refractivity contribution in [2.24, 2.45) is 5.41 Å². The molecule has 6 heterocycles. The molecule has 1 saturated carbocycles. The fourth-order valence-electron chi connectivity index (χ4n) is 7.02. The SMILES string of the molecule is CC.Cc1nc(N)cc(-c2nc3c4c(nc(OCC5(CN6CC7(CCCCO7)C6)CC5)nc4c2F)NCCNCCC(C)O3)c1C(F)(F)F. The van der Waals surface area contributed by atoms with Crippen LogP contribution in [-0.4, -0.2) is 89.0 Å². The van der Waals surface area contributed by atoms with Gasteiger partial charge in [0.25, 0.3) is 0 Å². The minimum atomic E-state index is -4.85. The minimum Gasteiger partial charge on any atom is -0.474 e. The Morgan fingerprint density at radius 2 is 1.84 bits per heavy atom. The lowest BCUT2D eigenvalue weighted by Gasteiger charge is -2.52. The second kappa shape index (κ2) is 14.0. The Hall–Kier alpha value is -3.56. The van der Waals surface area contributed by atoms with Gasteiger partial charge in [0.05, 0.1) is 29.6 Å². The molecule has 3 aliphatic heterocycles. The Morgan fingerprint density at radius 1 is 1.06 bits per heavy atom. The number of pyridine rings is 2. The van der Waals surface area contributed by atoms with E-state index in [0.29, 0.717) is 32.7 Å². The summed E-state index contributed by atoms with van der Waals surface area (Å²) >= 11 is 0. The van der Waals surface area contributed by atoms with Gasteiger partial charge < -0.3 is 30.6 Å². The third-order valence-corrected chi connectivity index (χ3v) is 9.61. The van der Waals surface area contributed by atoms with Crippen molar-refractivity contribution in [2.75, 3.05) is 63.5 Å². The van der Waals surface area contributed by atoms with Crippen LogP contribution in [0.1, 0.15) is 70.6 Å². The summed E-state index contributed by atoms with van der Waals surface area (Å²) in [6.07, 6.45) is 0.667. The third-order valence-electron chi connectivity index (χ3n) is 9.61. The molecule has 4 aliphatic rings. The Morgan fingerprint density at radius 3 is 2.53 bits per heavy atom. The molecule has 3 fully saturated rings. The second-order valence-electron chi connectivity index (χ2n) is 13.5. The minimum absolute atomic E-state index is 0.0158. The van der Waals surface area contributed by atoms with Crippen molar-refractivity contribution in [2.45, 2.75) is 84.1 Å². The highest BCUT2D eigenvalue weighted by molar-refractivity contribution is 5.96. The van der Waals surface area contributed by atoms with E-state index in [0.717, 1.165) is 58.0 Å². The molecule has 0 aromatic carbocycles. The van der Waals surface area contributed by atoms with Crippen LogP contribution in [0.3, 0.4) is 0 Å². The van der Waals surface area contributed by atoms with E-state index in [4.69, 9.17) is 19.9 Å². The van der Waals surface area contributed by atoms with Gasteiger partial charge in [-0.25, -0.2) is 14.4 Å². The molecule has 1 aliphatic carbocycles. The summed E-state index contributed by atoms with van der Waals surface area (Å²) in [5.41, 5.74) is 2.84. The summed E-state index contributed by atoms with van der Waals surface area (Å²) < 4.78 is 78.0. The maximum atomic E-state index is 16.6. The topological polar surface area (TPSA) is 133 Å². The van der Waals surface area contributed by atoms with Crippen LogP contribution >= 0.6 is 0 Å². The number of halogens is 4. The summed E-state index contributed by atoms with van der Waals surface area (Å²) in [7, 11) is 0. The first kappa shape index (κ1) is 35.3.